The van der Waals surface area contributed by atoms with E-state index in [0.29, 0.717) is 31.2 Å². The third-order valence-corrected chi connectivity index (χ3v) is 8.86. The molecule has 220 valence electrons. The molecular formula is C30H43N9O2. The molecule has 2 atom stereocenters. The quantitative estimate of drug-likeness (QED) is 0.365. The highest BCUT2D eigenvalue weighted by molar-refractivity contribution is 5.86. The molecule has 1 aromatic carbocycles. The molecule has 1 N–H and O–H groups in total. The lowest BCUT2D eigenvalue weighted by Crippen LogP contribution is -2.63. The Bertz CT molecular complexity index is 1540. The zero-order valence-corrected chi connectivity index (χ0v) is 25.2. The van der Waals surface area contributed by atoms with Crippen molar-refractivity contribution < 1.29 is 9.84 Å². The Labute approximate surface area is 241 Å². The van der Waals surface area contributed by atoms with E-state index in [1.165, 1.54) is 0 Å². The molecule has 2 fully saturated rings. The van der Waals surface area contributed by atoms with Crippen molar-refractivity contribution in [2.24, 2.45) is 7.05 Å². The van der Waals surface area contributed by atoms with E-state index in [9.17, 15) is 5.11 Å². The zero-order chi connectivity index (χ0) is 28.9. The number of para-hydroxylation sites is 2. The number of aliphatic hydroxyl groups excluding tert-OH is 1. The number of fused-ring (bicyclic) bond motifs is 2. The van der Waals surface area contributed by atoms with Crippen molar-refractivity contribution >= 4 is 28.0 Å². The van der Waals surface area contributed by atoms with Gasteiger partial charge in [0.15, 0.2) is 17.0 Å². The van der Waals surface area contributed by atoms with Gasteiger partial charge in [-0.25, -0.2) is 9.97 Å². The maximum absolute atomic E-state index is 9.99. The maximum atomic E-state index is 9.99. The van der Waals surface area contributed by atoms with Crippen molar-refractivity contribution in [1.29, 1.82) is 0 Å². The summed E-state index contributed by atoms with van der Waals surface area (Å²) < 4.78 is 9.90. The van der Waals surface area contributed by atoms with Crippen molar-refractivity contribution in [2.45, 2.75) is 65.2 Å². The minimum atomic E-state index is -0.244. The summed E-state index contributed by atoms with van der Waals surface area (Å²) in [6.07, 6.45) is 0.773. The molecule has 5 heterocycles. The van der Waals surface area contributed by atoms with Gasteiger partial charge in [-0.3, -0.25) is 14.4 Å². The van der Waals surface area contributed by atoms with Crippen LogP contribution in [0, 0.1) is 0 Å². The Hall–Kier alpha value is -3.12. The number of aliphatic hydroxyl groups is 1. The van der Waals surface area contributed by atoms with E-state index < -0.39 is 0 Å². The van der Waals surface area contributed by atoms with Crippen LogP contribution in [0.5, 0.6) is 0 Å². The topological polar surface area (TPSA) is 101 Å². The monoisotopic (exact) mass is 561 g/mol. The Morgan fingerprint density at radius 1 is 0.976 bits per heavy atom. The smallest absolute Gasteiger partial charge is 0.239 e. The fourth-order valence-electron chi connectivity index (χ4n) is 6.39. The number of imidazole rings is 2. The van der Waals surface area contributed by atoms with Crippen LogP contribution in [-0.2, 0) is 24.8 Å². The predicted octanol–water partition coefficient (Wildman–Crippen LogP) is 2.77. The molecule has 6 rings (SSSR count). The number of aromatic nitrogens is 6. The van der Waals surface area contributed by atoms with E-state index in [0.717, 1.165) is 78.8 Å². The number of morpholine rings is 1. The lowest BCUT2D eigenvalue weighted by molar-refractivity contribution is -0.0426. The third kappa shape index (κ3) is 4.98. The molecule has 2 aliphatic heterocycles. The number of piperazine rings is 1. The highest BCUT2D eigenvalue weighted by Gasteiger charge is 2.37. The van der Waals surface area contributed by atoms with Crippen LogP contribution < -0.4 is 4.90 Å². The van der Waals surface area contributed by atoms with Crippen LogP contribution in [0.4, 0.5) is 5.82 Å². The molecule has 11 nitrogen and oxygen atoms in total. The number of benzene rings is 1. The van der Waals surface area contributed by atoms with Gasteiger partial charge in [-0.05, 0) is 39.8 Å². The average molecular weight is 562 g/mol. The molecular weight excluding hydrogens is 518 g/mol. The van der Waals surface area contributed by atoms with E-state index in [-0.39, 0.29) is 12.1 Å². The number of hydrogen-bond acceptors (Lipinski definition) is 9. The first kappa shape index (κ1) is 28.0. The lowest BCUT2D eigenvalue weighted by atomic mass is 9.97. The van der Waals surface area contributed by atoms with Crippen LogP contribution in [0.25, 0.3) is 28.1 Å². The minimum absolute atomic E-state index is 0.145. The number of aryl methyl sites for hydroxylation is 2. The zero-order valence-electron chi connectivity index (χ0n) is 25.2. The summed E-state index contributed by atoms with van der Waals surface area (Å²) in [6.45, 7) is 16.4. The fourth-order valence-corrected chi connectivity index (χ4v) is 6.39. The Morgan fingerprint density at radius 3 is 2.46 bits per heavy atom. The Morgan fingerprint density at radius 2 is 1.73 bits per heavy atom. The normalized spacial score (nSPS) is 21.4. The highest BCUT2D eigenvalue weighted by Crippen LogP contribution is 2.30. The van der Waals surface area contributed by atoms with Gasteiger partial charge >= 0.3 is 0 Å². The van der Waals surface area contributed by atoms with Gasteiger partial charge in [0.25, 0.3) is 0 Å². The van der Waals surface area contributed by atoms with Gasteiger partial charge in [0, 0.05) is 57.3 Å². The van der Waals surface area contributed by atoms with Gasteiger partial charge < -0.3 is 19.3 Å². The SMILES string of the molecule is CCc1nc2ccccc2n1-c1nc(N2CCOCC2)c2nc(CN3C[C@H](C)N(C(C)(C)CO)CC3C)n(C)c2n1. The van der Waals surface area contributed by atoms with Crippen LogP contribution in [0.2, 0.25) is 0 Å². The second-order valence-electron chi connectivity index (χ2n) is 12.2. The van der Waals surface area contributed by atoms with Crippen LogP contribution in [0.15, 0.2) is 24.3 Å². The summed E-state index contributed by atoms with van der Waals surface area (Å²) in [4.78, 5) is 27.6. The average Bonchev–Trinajstić information content (AvgIpc) is 3.51. The van der Waals surface area contributed by atoms with Crippen LogP contribution in [-0.4, -0.2) is 108 Å². The number of nitrogens with zero attached hydrogens (tertiary/aromatic N) is 9. The molecule has 2 saturated heterocycles. The van der Waals surface area contributed by atoms with Crippen molar-refractivity contribution in [2.75, 3.05) is 50.9 Å². The van der Waals surface area contributed by atoms with Gasteiger partial charge in [0.1, 0.15) is 11.6 Å². The fraction of sp³-hybridized carbons (Fsp3) is 0.600. The number of ether oxygens (including phenoxy) is 1. The first-order valence-electron chi connectivity index (χ1n) is 14.9. The summed E-state index contributed by atoms with van der Waals surface area (Å²) in [5, 5.41) is 9.99. The first-order valence-corrected chi connectivity index (χ1v) is 14.9. The van der Waals surface area contributed by atoms with Crippen LogP contribution >= 0.6 is 0 Å². The van der Waals surface area contributed by atoms with Crippen molar-refractivity contribution in [3.63, 3.8) is 0 Å². The second-order valence-corrected chi connectivity index (χ2v) is 12.2. The summed E-state index contributed by atoms with van der Waals surface area (Å²) in [6, 6.07) is 8.81. The van der Waals surface area contributed by atoms with Gasteiger partial charge in [-0.1, -0.05) is 19.1 Å². The molecule has 3 aromatic heterocycles. The molecule has 0 spiro atoms. The Balaban J connectivity index is 1.42. The van der Waals surface area contributed by atoms with E-state index >= 15 is 0 Å². The summed E-state index contributed by atoms with van der Waals surface area (Å²) in [5.41, 5.74) is 3.36. The summed E-state index contributed by atoms with van der Waals surface area (Å²) in [5.74, 6) is 3.39. The molecule has 0 aliphatic carbocycles. The standard InChI is InChI=1S/C30H43N9O2/c1-7-24-31-22-10-8-9-11-23(22)39(24)29-33-27-26(28(34-29)36-12-14-41-15-13-36)32-25(35(27)6)18-37-16-21(3)38(17-20(37)2)30(4,5)19-40/h8-11,20-21,40H,7,12-19H2,1-6H3/t20?,21-/m0/s1. The largest absolute Gasteiger partial charge is 0.394 e. The van der Waals surface area contributed by atoms with Crippen molar-refractivity contribution in [3.05, 3.63) is 35.9 Å². The van der Waals surface area contributed by atoms with Crippen molar-refractivity contribution in [3.8, 4) is 5.95 Å². The molecule has 1 unspecified atom stereocenters. The first-order chi connectivity index (χ1) is 19.7. The van der Waals surface area contributed by atoms with Gasteiger partial charge in [0.05, 0.1) is 37.4 Å². The summed E-state index contributed by atoms with van der Waals surface area (Å²) in [7, 11) is 2.07. The Kier molecular flexibility index (Phi) is 7.48. The lowest BCUT2D eigenvalue weighted by Gasteiger charge is -2.50. The predicted molar refractivity (Wildman–Crippen MR) is 161 cm³/mol. The van der Waals surface area contributed by atoms with Gasteiger partial charge in [0.2, 0.25) is 5.95 Å². The van der Waals surface area contributed by atoms with E-state index in [2.05, 4.69) is 71.6 Å². The van der Waals surface area contributed by atoms with E-state index in [4.69, 9.17) is 24.7 Å². The molecule has 0 amide bonds. The van der Waals surface area contributed by atoms with E-state index in [1.807, 2.05) is 18.2 Å². The van der Waals surface area contributed by atoms with E-state index in [1.54, 1.807) is 0 Å². The molecule has 11 heteroatoms. The molecule has 4 aromatic rings. The second kappa shape index (κ2) is 10.9. The molecule has 0 saturated carbocycles. The van der Waals surface area contributed by atoms with Crippen LogP contribution in [0.3, 0.4) is 0 Å². The summed E-state index contributed by atoms with van der Waals surface area (Å²) >= 11 is 0. The minimum Gasteiger partial charge on any atom is -0.394 e. The number of anilines is 1. The van der Waals surface area contributed by atoms with Crippen molar-refractivity contribution in [1.82, 2.24) is 38.9 Å². The highest BCUT2D eigenvalue weighted by atomic mass is 16.5. The van der Waals surface area contributed by atoms with Gasteiger partial charge in [-0.15, -0.1) is 0 Å². The number of rotatable bonds is 7. The molecule has 0 bridgehead atoms. The van der Waals surface area contributed by atoms with Crippen LogP contribution in [0.1, 0.15) is 46.3 Å². The molecule has 41 heavy (non-hydrogen) atoms. The third-order valence-electron chi connectivity index (χ3n) is 8.86. The number of hydrogen-bond donors (Lipinski definition) is 1. The molecule has 2 aliphatic rings. The van der Waals surface area contributed by atoms with Gasteiger partial charge in [-0.2, -0.15) is 9.97 Å². The molecule has 0 radical (unpaired) electrons. The maximum Gasteiger partial charge on any atom is 0.239 e.